The molecule has 0 radical (unpaired) electrons. The lowest BCUT2D eigenvalue weighted by molar-refractivity contribution is 0.777. The number of fused-ring (bicyclic) bond motifs is 1. The van der Waals surface area contributed by atoms with Crippen LogP contribution in [0.25, 0.3) is 5.65 Å². The van der Waals surface area contributed by atoms with Crippen LogP contribution in [0.3, 0.4) is 0 Å². The summed E-state index contributed by atoms with van der Waals surface area (Å²) in [5.41, 5.74) is 3.44. The summed E-state index contributed by atoms with van der Waals surface area (Å²) in [6.07, 6.45) is 6.22. The molecule has 3 heteroatoms. The van der Waals surface area contributed by atoms with E-state index in [2.05, 4.69) is 30.0 Å². The second kappa shape index (κ2) is 4.43. The molecule has 2 aromatic heterocycles. The van der Waals surface area contributed by atoms with E-state index >= 15 is 0 Å². The Hall–Kier alpha value is -1.38. The van der Waals surface area contributed by atoms with Gasteiger partial charge in [-0.05, 0) is 18.9 Å². The summed E-state index contributed by atoms with van der Waals surface area (Å²) in [5, 5.41) is 4.29. The van der Waals surface area contributed by atoms with Gasteiger partial charge in [0.15, 0.2) is 5.65 Å². The Labute approximate surface area is 90.1 Å². The highest BCUT2D eigenvalue weighted by molar-refractivity contribution is 5.39. The smallest absolute Gasteiger partial charge is 0.155 e. The molecule has 0 bridgehead atoms. The van der Waals surface area contributed by atoms with Crippen molar-refractivity contribution in [1.29, 1.82) is 0 Å². The van der Waals surface area contributed by atoms with Crippen molar-refractivity contribution in [3.63, 3.8) is 0 Å². The maximum Gasteiger partial charge on any atom is 0.155 e. The van der Waals surface area contributed by atoms with Gasteiger partial charge in [-0.25, -0.2) is 9.50 Å². The zero-order valence-corrected chi connectivity index (χ0v) is 9.40. The second-order valence-corrected chi connectivity index (χ2v) is 3.84. The van der Waals surface area contributed by atoms with E-state index in [9.17, 15) is 0 Å². The number of aryl methyl sites for hydroxylation is 2. The molecule has 0 N–H and O–H groups in total. The highest BCUT2D eigenvalue weighted by Gasteiger charge is 2.04. The molecule has 2 aromatic rings. The van der Waals surface area contributed by atoms with Gasteiger partial charge in [0.25, 0.3) is 0 Å². The zero-order valence-electron chi connectivity index (χ0n) is 9.40. The first kappa shape index (κ1) is 10.1. The summed E-state index contributed by atoms with van der Waals surface area (Å²) in [7, 11) is 0. The molecule has 0 aromatic carbocycles. The summed E-state index contributed by atoms with van der Waals surface area (Å²) >= 11 is 0. The van der Waals surface area contributed by atoms with E-state index in [0.29, 0.717) is 0 Å². The molecule has 2 rings (SSSR count). The van der Waals surface area contributed by atoms with Crippen LogP contribution >= 0.6 is 0 Å². The van der Waals surface area contributed by atoms with Gasteiger partial charge < -0.3 is 0 Å². The van der Waals surface area contributed by atoms with Crippen molar-refractivity contribution in [1.82, 2.24) is 14.6 Å². The molecule has 0 aliphatic carbocycles. The van der Waals surface area contributed by atoms with Crippen LogP contribution in [-0.2, 0) is 12.8 Å². The van der Waals surface area contributed by atoms with Gasteiger partial charge in [-0.3, -0.25) is 0 Å². The number of aromatic nitrogens is 3. The quantitative estimate of drug-likeness (QED) is 0.764. The fraction of sp³-hybridized carbons (Fsp3) is 0.500. The minimum absolute atomic E-state index is 0.976. The summed E-state index contributed by atoms with van der Waals surface area (Å²) < 4.78 is 1.95. The zero-order chi connectivity index (χ0) is 10.7. The Kier molecular flexibility index (Phi) is 2.99. The number of hydrogen-bond donors (Lipinski definition) is 0. The molecule has 0 unspecified atom stereocenters. The number of rotatable bonds is 4. The van der Waals surface area contributed by atoms with Crippen molar-refractivity contribution in [3.8, 4) is 0 Å². The van der Waals surface area contributed by atoms with Crippen LogP contribution in [0.4, 0.5) is 0 Å². The molecule has 0 aliphatic heterocycles. The molecule has 0 saturated heterocycles. The van der Waals surface area contributed by atoms with Crippen LogP contribution in [0.2, 0.25) is 0 Å². The molecule has 80 valence electrons. The van der Waals surface area contributed by atoms with Crippen molar-refractivity contribution in [3.05, 3.63) is 29.7 Å². The van der Waals surface area contributed by atoms with Crippen molar-refractivity contribution in [2.24, 2.45) is 0 Å². The average Bonchev–Trinajstić information content (AvgIpc) is 2.67. The highest BCUT2D eigenvalue weighted by atomic mass is 15.2. The van der Waals surface area contributed by atoms with Gasteiger partial charge >= 0.3 is 0 Å². The topological polar surface area (TPSA) is 30.2 Å². The summed E-state index contributed by atoms with van der Waals surface area (Å²) in [6, 6.07) is 4.16. The lowest BCUT2D eigenvalue weighted by atomic mass is 10.2. The van der Waals surface area contributed by atoms with Crippen molar-refractivity contribution in [2.45, 2.75) is 39.5 Å². The summed E-state index contributed by atoms with van der Waals surface area (Å²) in [4.78, 5) is 4.57. The van der Waals surface area contributed by atoms with Crippen LogP contribution in [-0.4, -0.2) is 14.6 Å². The molecule has 15 heavy (non-hydrogen) atoms. The molecule has 0 spiro atoms. The Morgan fingerprint density at radius 1 is 1.20 bits per heavy atom. The van der Waals surface area contributed by atoms with E-state index in [-0.39, 0.29) is 0 Å². The van der Waals surface area contributed by atoms with Crippen LogP contribution < -0.4 is 0 Å². The largest absolute Gasteiger partial charge is 0.234 e. The van der Waals surface area contributed by atoms with Crippen molar-refractivity contribution < 1.29 is 0 Å². The van der Waals surface area contributed by atoms with E-state index in [1.807, 2.05) is 16.8 Å². The molecule has 0 atom stereocenters. The third-order valence-corrected chi connectivity index (χ3v) is 2.50. The first-order chi connectivity index (χ1) is 7.35. The normalized spacial score (nSPS) is 11.1. The molecule has 2 heterocycles. The van der Waals surface area contributed by atoms with Crippen molar-refractivity contribution in [2.75, 3.05) is 0 Å². The minimum atomic E-state index is 0.976. The Morgan fingerprint density at radius 3 is 2.73 bits per heavy atom. The molecule has 0 aliphatic rings. The van der Waals surface area contributed by atoms with Gasteiger partial charge in [0, 0.05) is 17.5 Å². The van der Waals surface area contributed by atoms with E-state index in [1.54, 1.807) is 0 Å². The number of nitrogens with zero attached hydrogens (tertiary/aromatic N) is 3. The predicted molar refractivity (Wildman–Crippen MR) is 61.0 cm³/mol. The lowest BCUT2D eigenvalue weighted by Gasteiger charge is -2.06. The standard InChI is InChI=1S/C12H17N3/c1-3-5-10-9-11(6-4-2)15-12(14-10)7-8-13-15/h7-9H,3-6H2,1-2H3. The molecule has 0 saturated carbocycles. The van der Waals surface area contributed by atoms with E-state index < -0.39 is 0 Å². The van der Waals surface area contributed by atoms with Crippen LogP contribution in [0, 0.1) is 0 Å². The Morgan fingerprint density at radius 2 is 2.00 bits per heavy atom. The van der Waals surface area contributed by atoms with Gasteiger partial charge in [0.1, 0.15) is 0 Å². The molecule has 0 amide bonds. The second-order valence-electron chi connectivity index (χ2n) is 3.84. The first-order valence-electron chi connectivity index (χ1n) is 5.67. The van der Waals surface area contributed by atoms with Crippen LogP contribution in [0.15, 0.2) is 18.3 Å². The lowest BCUT2D eigenvalue weighted by Crippen LogP contribution is -2.03. The third-order valence-electron chi connectivity index (χ3n) is 2.50. The van der Waals surface area contributed by atoms with Gasteiger partial charge in [-0.1, -0.05) is 26.7 Å². The third kappa shape index (κ3) is 2.01. The van der Waals surface area contributed by atoms with Gasteiger partial charge in [0.05, 0.1) is 6.20 Å². The van der Waals surface area contributed by atoms with Gasteiger partial charge in [-0.15, -0.1) is 0 Å². The maximum atomic E-state index is 4.57. The highest BCUT2D eigenvalue weighted by Crippen LogP contribution is 2.10. The van der Waals surface area contributed by atoms with Crippen LogP contribution in [0.5, 0.6) is 0 Å². The van der Waals surface area contributed by atoms with E-state index in [4.69, 9.17) is 0 Å². The molecule has 0 fully saturated rings. The minimum Gasteiger partial charge on any atom is -0.234 e. The molecular formula is C12H17N3. The van der Waals surface area contributed by atoms with E-state index in [0.717, 1.165) is 31.3 Å². The molecule has 3 nitrogen and oxygen atoms in total. The average molecular weight is 203 g/mol. The fourth-order valence-electron chi connectivity index (χ4n) is 1.85. The summed E-state index contributed by atoms with van der Waals surface area (Å²) in [5.74, 6) is 0. The Balaban J connectivity index is 2.48. The fourth-order valence-corrected chi connectivity index (χ4v) is 1.85. The summed E-state index contributed by atoms with van der Waals surface area (Å²) in [6.45, 7) is 4.37. The first-order valence-corrected chi connectivity index (χ1v) is 5.67. The monoisotopic (exact) mass is 203 g/mol. The van der Waals surface area contributed by atoms with E-state index in [1.165, 1.54) is 11.4 Å². The Bertz CT molecular complexity index is 445. The van der Waals surface area contributed by atoms with Crippen molar-refractivity contribution >= 4 is 5.65 Å². The predicted octanol–water partition coefficient (Wildman–Crippen LogP) is 2.63. The van der Waals surface area contributed by atoms with Gasteiger partial charge in [-0.2, -0.15) is 5.10 Å². The number of hydrogen-bond acceptors (Lipinski definition) is 2. The SMILES string of the molecule is CCCc1cc(CCC)n2nccc2n1. The van der Waals surface area contributed by atoms with Crippen LogP contribution in [0.1, 0.15) is 38.1 Å². The molecular weight excluding hydrogens is 186 g/mol. The maximum absolute atomic E-state index is 4.57. The van der Waals surface area contributed by atoms with Gasteiger partial charge in [0.2, 0.25) is 0 Å².